The van der Waals surface area contributed by atoms with Crippen LogP contribution in [0.2, 0.25) is 0 Å². The number of carbonyl (C=O) groups is 2. The Balaban J connectivity index is 4.28. The smallest absolute Gasteiger partial charge is 0.317 e. The molecule has 0 aromatic heterocycles. The van der Waals surface area contributed by atoms with E-state index in [1.165, 1.54) is 0 Å². The monoisotopic (exact) mass is 286 g/mol. The zero-order chi connectivity index (χ0) is 15.5. The number of hydrogen-bond acceptors (Lipinski definition) is 2. The van der Waals surface area contributed by atoms with Crippen molar-refractivity contribution in [3.63, 3.8) is 0 Å². The number of hydrogen-bond donors (Lipinski definition) is 2. The molecule has 2 amide bonds. The zero-order valence-electron chi connectivity index (χ0n) is 13.3. The number of aliphatic carboxylic acids is 1. The summed E-state index contributed by atoms with van der Waals surface area (Å²) in [6, 6.07) is -0.0832. The van der Waals surface area contributed by atoms with Crippen molar-refractivity contribution in [2.45, 2.75) is 53.4 Å². The Morgan fingerprint density at radius 2 is 1.90 bits per heavy atom. The van der Waals surface area contributed by atoms with E-state index in [0.717, 1.165) is 25.8 Å². The summed E-state index contributed by atoms with van der Waals surface area (Å²) >= 11 is 0. The maximum Gasteiger partial charge on any atom is 0.317 e. The van der Waals surface area contributed by atoms with Gasteiger partial charge in [0, 0.05) is 26.1 Å². The third-order valence-electron chi connectivity index (χ3n) is 3.26. The molecule has 0 rings (SSSR count). The lowest BCUT2D eigenvalue weighted by Crippen LogP contribution is -2.42. The summed E-state index contributed by atoms with van der Waals surface area (Å²) in [6.45, 7) is 10.1. The summed E-state index contributed by atoms with van der Waals surface area (Å²) < 4.78 is 0. The second kappa shape index (κ2) is 10.5. The molecule has 0 unspecified atom stereocenters. The van der Waals surface area contributed by atoms with Crippen LogP contribution in [0.1, 0.15) is 53.4 Å². The van der Waals surface area contributed by atoms with Gasteiger partial charge in [0.05, 0.1) is 0 Å². The molecule has 0 heterocycles. The Morgan fingerprint density at radius 1 is 1.25 bits per heavy atom. The minimum Gasteiger partial charge on any atom is -0.481 e. The van der Waals surface area contributed by atoms with E-state index in [9.17, 15) is 9.59 Å². The molecule has 0 aromatic carbocycles. The molecule has 0 saturated heterocycles. The minimum atomic E-state index is -0.803. The highest BCUT2D eigenvalue weighted by Gasteiger charge is 2.17. The zero-order valence-corrected chi connectivity index (χ0v) is 13.3. The number of rotatable bonds is 10. The lowest BCUT2D eigenvalue weighted by atomic mass is 9.94. The highest BCUT2D eigenvalue weighted by atomic mass is 16.4. The number of carboxylic acids is 1. The standard InChI is InChI=1S/C15H30N2O3/c1-5-7-8-17(6-2)15(20)16-11-13(9-12(3)4)10-14(18)19/h12-13H,5-11H2,1-4H3,(H,16,20)(H,18,19)/t13-/m0/s1. The van der Waals surface area contributed by atoms with Gasteiger partial charge in [-0.15, -0.1) is 0 Å². The minimum absolute atomic E-state index is 0.00123. The molecule has 20 heavy (non-hydrogen) atoms. The molecule has 0 saturated carbocycles. The maximum atomic E-state index is 12.0. The van der Waals surface area contributed by atoms with Gasteiger partial charge in [-0.2, -0.15) is 0 Å². The fraction of sp³-hybridized carbons (Fsp3) is 0.867. The molecule has 118 valence electrons. The normalized spacial score (nSPS) is 12.2. The fourth-order valence-electron chi connectivity index (χ4n) is 2.25. The van der Waals surface area contributed by atoms with Gasteiger partial charge in [-0.1, -0.05) is 27.2 Å². The Morgan fingerprint density at radius 3 is 2.35 bits per heavy atom. The van der Waals surface area contributed by atoms with E-state index in [1.54, 1.807) is 4.90 Å². The number of carbonyl (C=O) groups excluding carboxylic acids is 1. The van der Waals surface area contributed by atoms with E-state index in [-0.39, 0.29) is 18.4 Å². The predicted molar refractivity (Wildman–Crippen MR) is 80.8 cm³/mol. The predicted octanol–water partition coefficient (Wildman–Crippen LogP) is 2.96. The lowest BCUT2D eigenvalue weighted by molar-refractivity contribution is -0.138. The summed E-state index contributed by atoms with van der Waals surface area (Å²) in [5.41, 5.74) is 0. The van der Waals surface area contributed by atoms with Crippen molar-refractivity contribution in [3.05, 3.63) is 0 Å². The molecule has 2 N–H and O–H groups in total. The summed E-state index contributed by atoms with van der Waals surface area (Å²) in [7, 11) is 0. The van der Waals surface area contributed by atoms with Crippen LogP contribution < -0.4 is 5.32 Å². The van der Waals surface area contributed by atoms with E-state index in [1.807, 2.05) is 6.92 Å². The first-order valence-corrected chi connectivity index (χ1v) is 7.65. The first-order valence-electron chi connectivity index (χ1n) is 7.65. The van der Waals surface area contributed by atoms with E-state index in [0.29, 0.717) is 19.0 Å². The van der Waals surface area contributed by atoms with Crippen LogP contribution in [-0.2, 0) is 4.79 Å². The van der Waals surface area contributed by atoms with Gasteiger partial charge in [-0.3, -0.25) is 4.79 Å². The van der Waals surface area contributed by atoms with Gasteiger partial charge in [-0.25, -0.2) is 4.79 Å². The lowest BCUT2D eigenvalue weighted by Gasteiger charge is -2.23. The molecular weight excluding hydrogens is 256 g/mol. The number of unbranched alkanes of at least 4 members (excludes halogenated alkanes) is 1. The Bertz CT molecular complexity index is 293. The van der Waals surface area contributed by atoms with Gasteiger partial charge in [0.1, 0.15) is 0 Å². The van der Waals surface area contributed by atoms with Crippen molar-refractivity contribution in [2.24, 2.45) is 11.8 Å². The number of urea groups is 1. The molecule has 0 aliphatic heterocycles. The molecule has 0 aliphatic carbocycles. The molecular formula is C15H30N2O3. The van der Waals surface area contributed by atoms with Crippen molar-refractivity contribution in [3.8, 4) is 0 Å². The van der Waals surface area contributed by atoms with Crippen molar-refractivity contribution in [1.29, 1.82) is 0 Å². The molecule has 0 fully saturated rings. The molecule has 0 bridgehead atoms. The largest absolute Gasteiger partial charge is 0.481 e. The second-order valence-corrected chi connectivity index (χ2v) is 5.71. The molecule has 1 atom stereocenters. The first kappa shape index (κ1) is 18.7. The Kier molecular flexibility index (Phi) is 9.86. The molecule has 0 aromatic rings. The van der Waals surface area contributed by atoms with Crippen molar-refractivity contribution >= 4 is 12.0 Å². The number of carboxylic acid groups (broad SMARTS) is 1. The van der Waals surface area contributed by atoms with Crippen LogP contribution in [0.15, 0.2) is 0 Å². The van der Waals surface area contributed by atoms with E-state index in [2.05, 4.69) is 26.1 Å². The molecule has 5 nitrogen and oxygen atoms in total. The highest BCUT2D eigenvalue weighted by Crippen LogP contribution is 2.14. The van der Waals surface area contributed by atoms with Gasteiger partial charge < -0.3 is 15.3 Å². The van der Waals surface area contributed by atoms with Gasteiger partial charge >= 0.3 is 12.0 Å². The van der Waals surface area contributed by atoms with Crippen LogP contribution in [0.3, 0.4) is 0 Å². The van der Waals surface area contributed by atoms with Gasteiger partial charge in [0.25, 0.3) is 0 Å². The van der Waals surface area contributed by atoms with E-state index >= 15 is 0 Å². The maximum absolute atomic E-state index is 12.0. The number of nitrogens with zero attached hydrogens (tertiary/aromatic N) is 1. The van der Waals surface area contributed by atoms with Gasteiger partial charge in [0.15, 0.2) is 0 Å². The first-order chi connectivity index (χ1) is 9.40. The van der Waals surface area contributed by atoms with Gasteiger partial charge in [0.2, 0.25) is 0 Å². The van der Waals surface area contributed by atoms with Crippen LogP contribution >= 0.6 is 0 Å². The van der Waals surface area contributed by atoms with Crippen molar-refractivity contribution in [1.82, 2.24) is 10.2 Å². The summed E-state index contributed by atoms with van der Waals surface area (Å²) in [6.07, 6.45) is 2.97. The third kappa shape index (κ3) is 8.77. The van der Waals surface area contributed by atoms with Crippen LogP contribution in [0.4, 0.5) is 4.79 Å². The number of nitrogens with one attached hydrogen (secondary N) is 1. The van der Waals surface area contributed by atoms with Crippen LogP contribution in [0.25, 0.3) is 0 Å². The molecule has 5 heteroatoms. The Hall–Kier alpha value is -1.26. The van der Waals surface area contributed by atoms with Gasteiger partial charge in [-0.05, 0) is 31.6 Å². The molecule has 0 radical (unpaired) electrons. The quantitative estimate of drug-likeness (QED) is 0.648. The summed E-state index contributed by atoms with van der Waals surface area (Å²) in [5.74, 6) is -0.372. The average Bonchev–Trinajstić information content (AvgIpc) is 2.35. The summed E-state index contributed by atoms with van der Waals surface area (Å²) in [4.78, 5) is 24.6. The molecule has 0 spiro atoms. The van der Waals surface area contributed by atoms with Crippen LogP contribution in [-0.4, -0.2) is 41.6 Å². The highest BCUT2D eigenvalue weighted by molar-refractivity contribution is 5.74. The van der Waals surface area contributed by atoms with Crippen molar-refractivity contribution in [2.75, 3.05) is 19.6 Å². The van der Waals surface area contributed by atoms with Crippen molar-refractivity contribution < 1.29 is 14.7 Å². The summed E-state index contributed by atoms with van der Waals surface area (Å²) in [5, 5.41) is 11.8. The fourth-order valence-corrected chi connectivity index (χ4v) is 2.25. The van der Waals surface area contributed by atoms with E-state index < -0.39 is 5.97 Å². The molecule has 0 aliphatic rings. The number of amides is 2. The van der Waals surface area contributed by atoms with Crippen LogP contribution in [0, 0.1) is 11.8 Å². The van der Waals surface area contributed by atoms with E-state index in [4.69, 9.17) is 5.11 Å². The third-order valence-corrected chi connectivity index (χ3v) is 3.26. The topological polar surface area (TPSA) is 69.6 Å². The average molecular weight is 286 g/mol. The SMILES string of the molecule is CCCCN(CC)C(=O)NC[C@H](CC(=O)O)CC(C)C. The van der Waals surface area contributed by atoms with Crippen LogP contribution in [0.5, 0.6) is 0 Å². The second-order valence-electron chi connectivity index (χ2n) is 5.71. The Labute approximate surface area is 122 Å².